The van der Waals surface area contributed by atoms with Crippen LogP contribution in [-0.2, 0) is 4.79 Å². The lowest BCUT2D eigenvalue weighted by atomic mass is 10.3. The molecule has 0 unspecified atom stereocenters. The van der Waals surface area contributed by atoms with Gasteiger partial charge >= 0.3 is 5.97 Å². The zero-order valence-electron chi connectivity index (χ0n) is 8.53. The molecule has 1 aromatic carbocycles. The Labute approximate surface area is 87.7 Å². The van der Waals surface area contributed by atoms with Crippen molar-refractivity contribution in [2.24, 2.45) is 0 Å². The standard InChI is InChI=1S/C8H8N2.C3H6O2/c9-8-5-6-3-1-2-4-7(6)10-8;1-2-3(4)5/h1-5,10H,9H2;2H2,1H3,(H,4,5). The molecule has 2 aromatic rings. The predicted octanol–water partition coefficient (Wildman–Crippen LogP) is 2.23. The summed E-state index contributed by atoms with van der Waals surface area (Å²) < 4.78 is 0. The van der Waals surface area contributed by atoms with Crippen LogP contribution >= 0.6 is 0 Å². The molecule has 0 saturated heterocycles. The summed E-state index contributed by atoms with van der Waals surface area (Å²) in [4.78, 5) is 12.4. The van der Waals surface area contributed by atoms with E-state index in [0.717, 1.165) is 11.3 Å². The Morgan fingerprint density at radius 1 is 1.47 bits per heavy atom. The first-order chi connectivity index (χ1) is 7.13. The summed E-state index contributed by atoms with van der Waals surface area (Å²) in [6.45, 7) is 1.60. The number of H-pyrrole nitrogens is 1. The van der Waals surface area contributed by atoms with Gasteiger partial charge in [-0.2, -0.15) is 0 Å². The third-order valence-corrected chi connectivity index (χ3v) is 1.85. The molecule has 0 aliphatic rings. The van der Waals surface area contributed by atoms with Gasteiger partial charge in [-0.05, 0) is 12.1 Å². The van der Waals surface area contributed by atoms with Gasteiger partial charge in [0, 0.05) is 17.3 Å². The van der Waals surface area contributed by atoms with Gasteiger partial charge in [0.2, 0.25) is 0 Å². The fourth-order valence-electron chi connectivity index (χ4n) is 1.10. The topological polar surface area (TPSA) is 79.1 Å². The van der Waals surface area contributed by atoms with E-state index in [-0.39, 0.29) is 6.42 Å². The van der Waals surface area contributed by atoms with Crippen LogP contribution in [-0.4, -0.2) is 16.1 Å². The van der Waals surface area contributed by atoms with Gasteiger partial charge in [0.25, 0.3) is 0 Å². The Kier molecular flexibility index (Phi) is 3.74. The van der Waals surface area contributed by atoms with Gasteiger partial charge in [0.1, 0.15) is 5.82 Å². The van der Waals surface area contributed by atoms with E-state index in [0.29, 0.717) is 0 Å². The number of fused-ring (bicyclic) bond motifs is 1. The number of carbonyl (C=O) groups is 1. The highest BCUT2D eigenvalue weighted by Crippen LogP contribution is 2.14. The molecular formula is C11H14N2O2. The van der Waals surface area contributed by atoms with Crippen molar-refractivity contribution < 1.29 is 9.90 Å². The second-order valence-corrected chi connectivity index (χ2v) is 3.06. The van der Waals surface area contributed by atoms with E-state index in [2.05, 4.69) is 4.98 Å². The number of hydrogen-bond acceptors (Lipinski definition) is 2. The SMILES string of the molecule is CCC(=O)O.Nc1cc2ccccc2[nH]1. The van der Waals surface area contributed by atoms with E-state index in [1.165, 1.54) is 5.39 Å². The van der Waals surface area contributed by atoms with Crippen LogP contribution in [0.15, 0.2) is 30.3 Å². The largest absolute Gasteiger partial charge is 0.481 e. The number of nitrogen functional groups attached to an aromatic ring is 1. The van der Waals surface area contributed by atoms with Crippen molar-refractivity contribution in [1.29, 1.82) is 0 Å². The van der Waals surface area contributed by atoms with Crippen LogP contribution in [0, 0.1) is 0 Å². The third-order valence-electron chi connectivity index (χ3n) is 1.85. The molecular weight excluding hydrogens is 192 g/mol. The number of para-hydroxylation sites is 1. The van der Waals surface area contributed by atoms with Gasteiger partial charge in [0.15, 0.2) is 0 Å². The second kappa shape index (κ2) is 5.05. The first-order valence-corrected chi connectivity index (χ1v) is 4.68. The fraction of sp³-hybridized carbons (Fsp3) is 0.182. The molecule has 0 aliphatic heterocycles. The van der Waals surface area contributed by atoms with Gasteiger partial charge in [-0.3, -0.25) is 4.79 Å². The number of anilines is 1. The number of nitrogens with one attached hydrogen (secondary N) is 1. The lowest BCUT2D eigenvalue weighted by molar-refractivity contribution is -0.136. The van der Waals surface area contributed by atoms with Crippen molar-refractivity contribution in [1.82, 2.24) is 4.98 Å². The Balaban J connectivity index is 0.000000195. The molecule has 15 heavy (non-hydrogen) atoms. The molecule has 0 fully saturated rings. The van der Waals surface area contributed by atoms with E-state index in [9.17, 15) is 4.79 Å². The molecule has 1 aromatic heterocycles. The van der Waals surface area contributed by atoms with E-state index in [1.807, 2.05) is 30.3 Å². The number of nitrogens with two attached hydrogens (primary N) is 1. The van der Waals surface area contributed by atoms with Gasteiger partial charge in [0.05, 0.1) is 0 Å². The van der Waals surface area contributed by atoms with Crippen molar-refractivity contribution in [2.45, 2.75) is 13.3 Å². The Bertz CT molecular complexity index is 416. The minimum absolute atomic E-state index is 0.222. The van der Waals surface area contributed by atoms with Crippen LogP contribution in [0.5, 0.6) is 0 Å². The maximum Gasteiger partial charge on any atom is 0.303 e. The van der Waals surface area contributed by atoms with Gasteiger partial charge in [-0.1, -0.05) is 25.1 Å². The lowest BCUT2D eigenvalue weighted by Crippen LogP contribution is -1.86. The van der Waals surface area contributed by atoms with Crippen LogP contribution in [0.1, 0.15) is 13.3 Å². The molecule has 80 valence electrons. The molecule has 0 radical (unpaired) electrons. The van der Waals surface area contributed by atoms with Crippen LogP contribution in [0.4, 0.5) is 5.82 Å². The zero-order valence-corrected chi connectivity index (χ0v) is 8.53. The van der Waals surface area contributed by atoms with Crippen molar-refractivity contribution in [3.05, 3.63) is 30.3 Å². The molecule has 4 heteroatoms. The number of carboxylic acids is 1. The zero-order chi connectivity index (χ0) is 11.3. The van der Waals surface area contributed by atoms with Crippen LogP contribution in [0.25, 0.3) is 10.9 Å². The summed E-state index contributed by atoms with van der Waals surface area (Å²) in [7, 11) is 0. The lowest BCUT2D eigenvalue weighted by Gasteiger charge is -1.83. The van der Waals surface area contributed by atoms with Crippen molar-refractivity contribution >= 4 is 22.7 Å². The highest BCUT2D eigenvalue weighted by atomic mass is 16.4. The molecule has 0 spiro atoms. The smallest absolute Gasteiger partial charge is 0.303 e. The third kappa shape index (κ3) is 3.34. The average molecular weight is 206 g/mol. The average Bonchev–Trinajstić information content (AvgIpc) is 2.58. The fourth-order valence-corrected chi connectivity index (χ4v) is 1.10. The number of rotatable bonds is 1. The quantitative estimate of drug-likeness (QED) is 0.669. The van der Waals surface area contributed by atoms with Crippen LogP contribution in [0.3, 0.4) is 0 Å². The Morgan fingerprint density at radius 3 is 2.60 bits per heavy atom. The van der Waals surface area contributed by atoms with Crippen molar-refractivity contribution in [3.63, 3.8) is 0 Å². The molecule has 1 heterocycles. The first kappa shape index (κ1) is 11.1. The minimum atomic E-state index is -0.745. The molecule has 4 N–H and O–H groups in total. The summed E-state index contributed by atoms with van der Waals surface area (Å²) in [5, 5.41) is 8.89. The van der Waals surface area contributed by atoms with Crippen LogP contribution in [0.2, 0.25) is 0 Å². The molecule has 0 aliphatic carbocycles. The number of carboxylic acid groups (broad SMARTS) is 1. The first-order valence-electron chi connectivity index (χ1n) is 4.68. The monoisotopic (exact) mass is 206 g/mol. The number of aromatic amines is 1. The summed E-state index contributed by atoms with van der Waals surface area (Å²) in [6.07, 6.45) is 0.222. The highest BCUT2D eigenvalue weighted by Gasteiger charge is 1.92. The summed E-state index contributed by atoms with van der Waals surface area (Å²) in [5.41, 5.74) is 6.63. The molecule has 0 bridgehead atoms. The maximum absolute atomic E-state index is 9.37. The number of aromatic nitrogens is 1. The van der Waals surface area contributed by atoms with E-state index in [1.54, 1.807) is 6.92 Å². The Hall–Kier alpha value is -1.97. The van der Waals surface area contributed by atoms with Gasteiger partial charge in [-0.25, -0.2) is 0 Å². The predicted molar refractivity (Wildman–Crippen MR) is 60.6 cm³/mol. The second-order valence-electron chi connectivity index (χ2n) is 3.06. The van der Waals surface area contributed by atoms with Crippen molar-refractivity contribution in [3.8, 4) is 0 Å². The maximum atomic E-state index is 9.37. The molecule has 0 atom stereocenters. The number of benzene rings is 1. The number of aliphatic carboxylic acids is 1. The molecule has 2 rings (SSSR count). The summed E-state index contributed by atoms with van der Waals surface area (Å²) in [6, 6.07) is 9.94. The summed E-state index contributed by atoms with van der Waals surface area (Å²) >= 11 is 0. The van der Waals surface area contributed by atoms with Crippen LogP contribution < -0.4 is 5.73 Å². The van der Waals surface area contributed by atoms with Gasteiger partial charge in [-0.15, -0.1) is 0 Å². The number of hydrogen-bond donors (Lipinski definition) is 3. The van der Waals surface area contributed by atoms with E-state index < -0.39 is 5.97 Å². The van der Waals surface area contributed by atoms with E-state index >= 15 is 0 Å². The Morgan fingerprint density at radius 2 is 2.07 bits per heavy atom. The minimum Gasteiger partial charge on any atom is -0.481 e. The van der Waals surface area contributed by atoms with Gasteiger partial charge < -0.3 is 15.8 Å². The summed E-state index contributed by atoms with van der Waals surface area (Å²) in [5.74, 6) is -0.0220. The molecule has 0 amide bonds. The normalized spacial score (nSPS) is 9.40. The molecule has 0 saturated carbocycles. The van der Waals surface area contributed by atoms with Crippen molar-refractivity contribution in [2.75, 3.05) is 5.73 Å². The highest BCUT2D eigenvalue weighted by molar-refractivity contribution is 5.82. The van der Waals surface area contributed by atoms with E-state index in [4.69, 9.17) is 10.8 Å². The molecule has 4 nitrogen and oxygen atoms in total.